The summed E-state index contributed by atoms with van der Waals surface area (Å²) in [7, 11) is -2.01. The Morgan fingerprint density at radius 1 is 1.00 bits per heavy atom. The molecule has 0 radical (unpaired) electrons. The smallest absolute Gasteiger partial charge is 0.211 e. The Morgan fingerprint density at radius 2 is 1.66 bits per heavy atom. The van der Waals surface area contributed by atoms with Crippen LogP contribution in [0.15, 0.2) is 57.2 Å². The molecule has 0 aliphatic carbocycles. The summed E-state index contributed by atoms with van der Waals surface area (Å²) in [6.45, 7) is 7.33. The Hall–Kier alpha value is -2.71. The topological polar surface area (TPSA) is 62.6 Å². The average Bonchev–Trinajstić information content (AvgIpc) is 2.80. The van der Waals surface area contributed by atoms with Crippen LogP contribution in [0.25, 0.3) is 10.9 Å². The number of benzene rings is 2. The summed E-state index contributed by atoms with van der Waals surface area (Å²) in [4.78, 5) is 17.1. The van der Waals surface area contributed by atoms with Crippen molar-refractivity contribution in [3.63, 3.8) is 0 Å². The monoisotopic (exact) mass is 457 g/mol. The van der Waals surface area contributed by atoms with Gasteiger partial charge in [0, 0.05) is 38.9 Å². The van der Waals surface area contributed by atoms with E-state index in [1.54, 1.807) is 22.8 Å². The quantitative estimate of drug-likeness (QED) is 0.588. The molecule has 1 aliphatic heterocycles. The zero-order valence-corrected chi connectivity index (χ0v) is 19.5. The molecule has 1 saturated heterocycles. The van der Waals surface area contributed by atoms with E-state index in [-0.39, 0.29) is 15.2 Å². The Labute approximate surface area is 187 Å². The summed E-state index contributed by atoms with van der Waals surface area (Å²) in [6.07, 6.45) is 2.17. The van der Waals surface area contributed by atoms with Gasteiger partial charge < -0.3 is 14.4 Å². The Morgan fingerprint density at radius 3 is 2.25 bits per heavy atom. The molecule has 0 saturated carbocycles. The molecule has 1 aromatic heterocycles. The molecular formula is C24H28FN3O3S. The van der Waals surface area contributed by atoms with Gasteiger partial charge in [-0.25, -0.2) is 12.8 Å². The van der Waals surface area contributed by atoms with E-state index in [2.05, 4.69) is 4.90 Å². The Bertz CT molecular complexity index is 1310. The van der Waals surface area contributed by atoms with Gasteiger partial charge in [0.25, 0.3) is 0 Å². The van der Waals surface area contributed by atoms with Gasteiger partial charge in [0.1, 0.15) is 10.7 Å². The van der Waals surface area contributed by atoms with Gasteiger partial charge in [-0.3, -0.25) is 4.79 Å². The van der Waals surface area contributed by atoms with Crippen molar-refractivity contribution in [1.82, 2.24) is 9.47 Å². The van der Waals surface area contributed by atoms with Crippen molar-refractivity contribution in [2.24, 2.45) is 0 Å². The molecule has 0 unspecified atom stereocenters. The summed E-state index contributed by atoms with van der Waals surface area (Å²) < 4.78 is 43.4. The number of aromatic nitrogens is 1. The van der Waals surface area contributed by atoms with Gasteiger partial charge in [-0.1, -0.05) is 19.1 Å². The summed E-state index contributed by atoms with van der Waals surface area (Å²) in [5.74, 6) is -0.511. The van der Waals surface area contributed by atoms with Crippen molar-refractivity contribution in [2.75, 3.05) is 38.1 Å². The van der Waals surface area contributed by atoms with Crippen LogP contribution in [0, 0.1) is 5.82 Å². The van der Waals surface area contributed by atoms with Gasteiger partial charge in [-0.2, -0.15) is 0 Å². The fourth-order valence-electron chi connectivity index (χ4n) is 4.15. The van der Waals surface area contributed by atoms with Crippen molar-refractivity contribution < 1.29 is 12.8 Å². The predicted molar refractivity (Wildman–Crippen MR) is 125 cm³/mol. The standard InChI is InChI=1S/C24H28FN3O3S/c1-4-17-6-8-18(9-7-17)32(30,31)23-16-27(5-2)21-15-22(20(25)14-19(21)24(23)29)28-12-10-26(3)11-13-28/h6-9,14-16H,4-5,10-13H2,1-3H3. The zero-order chi connectivity index (χ0) is 23.0. The van der Waals surface area contributed by atoms with E-state index in [9.17, 15) is 13.2 Å². The highest BCUT2D eigenvalue weighted by Crippen LogP contribution is 2.28. The number of rotatable bonds is 5. The maximum absolute atomic E-state index is 15.1. The lowest BCUT2D eigenvalue weighted by molar-refractivity contribution is 0.312. The summed E-state index contributed by atoms with van der Waals surface area (Å²) in [5, 5.41) is 0.0773. The molecule has 0 N–H and O–H groups in total. The second-order valence-electron chi connectivity index (χ2n) is 8.22. The lowest BCUT2D eigenvalue weighted by Crippen LogP contribution is -2.44. The molecule has 0 atom stereocenters. The molecule has 0 bridgehead atoms. The Kier molecular flexibility index (Phi) is 6.09. The van der Waals surface area contributed by atoms with Gasteiger partial charge in [0.05, 0.1) is 21.5 Å². The molecule has 1 fully saturated rings. The highest BCUT2D eigenvalue weighted by molar-refractivity contribution is 7.91. The number of nitrogens with zero attached hydrogens (tertiary/aromatic N) is 3. The van der Waals surface area contributed by atoms with E-state index in [0.29, 0.717) is 30.8 Å². The van der Waals surface area contributed by atoms with Gasteiger partial charge in [0.2, 0.25) is 15.3 Å². The molecular weight excluding hydrogens is 429 g/mol. The number of fused-ring (bicyclic) bond motifs is 1. The van der Waals surface area contributed by atoms with Crippen LogP contribution in [0.3, 0.4) is 0 Å². The SMILES string of the molecule is CCc1ccc(S(=O)(=O)c2cn(CC)c3cc(N4CCN(C)CC4)c(F)cc3c2=O)cc1. The van der Waals surface area contributed by atoms with Crippen LogP contribution in [-0.4, -0.2) is 51.1 Å². The number of halogens is 1. The van der Waals surface area contributed by atoms with E-state index in [0.717, 1.165) is 25.1 Å². The van der Waals surface area contributed by atoms with Crippen LogP contribution < -0.4 is 10.3 Å². The fourth-order valence-corrected chi connectivity index (χ4v) is 5.52. The number of aryl methyl sites for hydroxylation is 2. The molecule has 3 aromatic rings. The first kappa shape index (κ1) is 22.5. The largest absolute Gasteiger partial charge is 0.367 e. The van der Waals surface area contributed by atoms with E-state index < -0.39 is 21.1 Å². The highest BCUT2D eigenvalue weighted by atomic mass is 32.2. The second-order valence-corrected chi connectivity index (χ2v) is 10.1. The zero-order valence-electron chi connectivity index (χ0n) is 18.6. The number of piperazine rings is 1. The molecule has 32 heavy (non-hydrogen) atoms. The number of likely N-dealkylation sites (N-methyl/N-ethyl adjacent to an activating group) is 1. The van der Waals surface area contributed by atoms with Crippen molar-refractivity contribution in [3.8, 4) is 0 Å². The van der Waals surface area contributed by atoms with Crippen molar-refractivity contribution in [2.45, 2.75) is 36.6 Å². The first-order valence-electron chi connectivity index (χ1n) is 10.9. The first-order chi connectivity index (χ1) is 15.3. The third-order valence-corrected chi connectivity index (χ3v) is 7.99. The number of sulfone groups is 1. The lowest BCUT2D eigenvalue weighted by Gasteiger charge is -2.34. The third kappa shape index (κ3) is 3.93. The van der Waals surface area contributed by atoms with Gasteiger partial charge in [-0.15, -0.1) is 0 Å². The van der Waals surface area contributed by atoms with Crippen LogP contribution in [-0.2, 0) is 22.8 Å². The van der Waals surface area contributed by atoms with E-state index in [1.807, 2.05) is 25.8 Å². The van der Waals surface area contributed by atoms with Crippen LogP contribution in [0.2, 0.25) is 0 Å². The predicted octanol–water partition coefficient (Wildman–Crippen LogP) is 3.31. The molecule has 8 heteroatoms. The van der Waals surface area contributed by atoms with Crippen LogP contribution in [0.1, 0.15) is 19.4 Å². The van der Waals surface area contributed by atoms with Crippen LogP contribution >= 0.6 is 0 Å². The summed E-state index contributed by atoms with van der Waals surface area (Å²) >= 11 is 0. The molecule has 0 spiro atoms. The van der Waals surface area contributed by atoms with E-state index in [1.165, 1.54) is 24.4 Å². The molecule has 0 amide bonds. The maximum Gasteiger partial charge on any atom is 0.211 e. The van der Waals surface area contributed by atoms with E-state index >= 15 is 4.39 Å². The summed E-state index contributed by atoms with van der Waals surface area (Å²) in [6, 6.07) is 9.39. The number of hydrogen-bond donors (Lipinski definition) is 0. The van der Waals surface area contributed by atoms with Gasteiger partial charge in [0.15, 0.2) is 0 Å². The fraction of sp³-hybridized carbons (Fsp3) is 0.375. The molecule has 2 heterocycles. The molecule has 170 valence electrons. The molecule has 1 aliphatic rings. The van der Waals surface area contributed by atoms with Gasteiger partial charge in [-0.05, 0) is 50.2 Å². The number of pyridine rings is 1. The normalized spacial score (nSPS) is 15.4. The summed E-state index contributed by atoms with van der Waals surface area (Å²) in [5.41, 5.74) is 1.31. The molecule has 4 rings (SSSR count). The molecule has 6 nitrogen and oxygen atoms in total. The van der Waals surface area contributed by atoms with Crippen LogP contribution in [0.5, 0.6) is 0 Å². The minimum absolute atomic E-state index is 0.0586. The Balaban J connectivity index is 1.86. The number of hydrogen-bond acceptors (Lipinski definition) is 5. The average molecular weight is 458 g/mol. The second kappa shape index (κ2) is 8.67. The minimum Gasteiger partial charge on any atom is -0.367 e. The van der Waals surface area contributed by atoms with Crippen molar-refractivity contribution in [1.29, 1.82) is 0 Å². The highest BCUT2D eigenvalue weighted by Gasteiger charge is 2.25. The minimum atomic E-state index is -4.04. The van der Waals surface area contributed by atoms with E-state index in [4.69, 9.17) is 0 Å². The van der Waals surface area contributed by atoms with Crippen LogP contribution in [0.4, 0.5) is 10.1 Å². The third-order valence-electron chi connectivity index (χ3n) is 6.23. The maximum atomic E-state index is 15.1. The lowest BCUT2D eigenvalue weighted by atomic mass is 10.1. The van der Waals surface area contributed by atoms with Crippen molar-refractivity contribution in [3.05, 3.63) is 64.2 Å². The molecule has 2 aromatic carbocycles. The number of anilines is 1. The van der Waals surface area contributed by atoms with Gasteiger partial charge >= 0.3 is 0 Å². The first-order valence-corrected chi connectivity index (χ1v) is 12.4. The van der Waals surface area contributed by atoms with Crippen molar-refractivity contribution >= 4 is 26.4 Å².